The fraction of sp³-hybridized carbons (Fsp3) is 0.190. The molecule has 2 aromatic carbocycles. The number of nitrogen functional groups attached to an aromatic ring is 1. The molecule has 0 radical (unpaired) electrons. The fourth-order valence-electron chi connectivity index (χ4n) is 2.89. The van der Waals surface area contributed by atoms with Gasteiger partial charge < -0.3 is 15.8 Å². The number of esters is 1. The number of hydrogen-bond donors (Lipinski definition) is 2. The molecule has 0 spiro atoms. The van der Waals surface area contributed by atoms with E-state index in [1.165, 1.54) is 29.8 Å². The van der Waals surface area contributed by atoms with Crippen LogP contribution in [0.5, 0.6) is 0 Å². The van der Waals surface area contributed by atoms with E-state index in [-0.39, 0.29) is 16.9 Å². The number of aromatic nitrogens is 2. The van der Waals surface area contributed by atoms with E-state index in [2.05, 4.69) is 5.32 Å². The lowest BCUT2D eigenvalue weighted by Gasteiger charge is -2.13. The van der Waals surface area contributed by atoms with Crippen LogP contribution in [0.2, 0.25) is 5.02 Å². The zero-order valence-electron chi connectivity index (χ0n) is 16.7. The van der Waals surface area contributed by atoms with Gasteiger partial charge in [-0.3, -0.25) is 14.3 Å². The molecule has 0 saturated carbocycles. The Morgan fingerprint density at radius 3 is 2.47 bits per heavy atom. The zero-order chi connectivity index (χ0) is 22.0. The number of anilines is 2. The average Bonchev–Trinajstić information content (AvgIpc) is 2.93. The molecule has 0 aliphatic rings. The number of halogens is 1. The number of amides is 1. The molecule has 8 nitrogen and oxygen atoms in total. The van der Waals surface area contributed by atoms with Crippen molar-refractivity contribution in [1.29, 1.82) is 0 Å². The van der Waals surface area contributed by atoms with Gasteiger partial charge in [0.15, 0.2) is 6.10 Å². The highest BCUT2D eigenvalue weighted by Crippen LogP contribution is 2.20. The van der Waals surface area contributed by atoms with Crippen molar-refractivity contribution >= 4 is 34.9 Å². The van der Waals surface area contributed by atoms with Crippen LogP contribution < -0.4 is 16.6 Å². The quantitative estimate of drug-likeness (QED) is 0.479. The van der Waals surface area contributed by atoms with Gasteiger partial charge in [-0.1, -0.05) is 29.8 Å². The number of nitrogens with two attached hydrogens (primary N) is 1. The molecule has 0 saturated heterocycles. The van der Waals surface area contributed by atoms with Gasteiger partial charge in [0, 0.05) is 7.05 Å². The summed E-state index contributed by atoms with van der Waals surface area (Å²) in [7, 11) is 1.72. The second-order valence-electron chi connectivity index (χ2n) is 6.71. The van der Waals surface area contributed by atoms with Crippen molar-refractivity contribution in [2.75, 3.05) is 11.1 Å². The minimum atomic E-state index is -1.14. The van der Waals surface area contributed by atoms with E-state index in [9.17, 15) is 14.4 Å². The van der Waals surface area contributed by atoms with Crippen LogP contribution >= 0.6 is 11.6 Å². The summed E-state index contributed by atoms with van der Waals surface area (Å²) in [6.07, 6.45) is -1.14. The number of hydrogen-bond acceptors (Lipinski definition) is 5. The third-order valence-electron chi connectivity index (χ3n) is 4.69. The molecule has 1 amide bonds. The smallest absolute Gasteiger partial charge is 0.338 e. The lowest BCUT2D eigenvalue weighted by Crippen LogP contribution is -2.32. The molecule has 9 heteroatoms. The van der Waals surface area contributed by atoms with Gasteiger partial charge in [-0.15, -0.1) is 0 Å². The van der Waals surface area contributed by atoms with Gasteiger partial charge in [0.1, 0.15) is 5.69 Å². The van der Waals surface area contributed by atoms with Crippen molar-refractivity contribution in [2.24, 2.45) is 7.05 Å². The van der Waals surface area contributed by atoms with E-state index in [0.717, 1.165) is 0 Å². The molecule has 30 heavy (non-hydrogen) atoms. The average molecular weight is 429 g/mol. The van der Waals surface area contributed by atoms with Gasteiger partial charge in [-0.25, -0.2) is 9.48 Å². The monoisotopic (exact) mass is 428 g/mol. The zero-order valence-corrected chi connectivity index (χ0v) is 17.4. The van der Waals surface area contributed by atoms with Crippen molar-refractivity contribution in [3.8, 4) is 5.69 Å². The number of para-hydroxylation sites is 1. The van der Waals surface area contributed by atoms with Crippen LogP contribution in [0.25, 0.3) is 5.69 Å². The molecule has 1 atom stereocenters. The number of benzene rings is 2. The topological polar surface area (TPSA) is 108 Å². The van der Waals surface area contributed by atoms with Crippen molar-refractivity contribution in [2.45, 2.75) is 20.0 Å². The number of carbonyl (C=O) groups is 2. The summed E-state index contributed by atoms with van der Waals surface area (Å²) in [6.45, 7) is 3.13. The van der Waals surface area contributed by atoms with E-state index in [0.29, 0.717) is 16.4 Å². The number of nitrogens with zero attached hydrogens (tertiary/aromatic N) is 2. The summed E-state index contributed by atoms with van der Waals surface area (Å²) >= 11 is 5.85. The fourth-order valence-corrected chi connectivity index (χ4v) is 3.01. The van der Waals surface area contributed by atoms with Crippen LogP contribution in [0.1, 0.15) is 23.0 Å². The van der Waals surface area contributed by atoms with Crippen LogP contribution in [0.4, 0.5) is 11.4 Å². The molecule has 156 valence electrons. The predicted octanol–water partition coefficient (Wildman–Crippen LogP) is 2.90. The molecule has 0 aliphatic heterocycles. The standard InChI is InChI=1S/C21H21ClN4O4/c1-12-18(20(28)26(25(12)3)15-7-5-4-6-8-15)24-19(27)13(2)30-21(29)14-9-10-16(22)17(23)11-14/h4-11,13H,23H2,1-3H3,(H,24,27). The summed E-state index contributed by atoms with van der Waals surface area (Å²) < 4.78 is 8.28. The van der Waals surface area contributed by atoms with Crippen molar-refractivity contribution in [3.05, 3.63) is 75.2 Å². The summed E-state index contributed by atoms with van der Waals surface area (Å²) in [5, 5.41) is 2.88. The van der Waals surface area contributed by atoms with E-state index in [1.54, 1.807) is 30.8 Å². The minimum Gasteiger partial charge on any atom is -0.449 e. The Bertz CT molecular complexity index is 1170. The SMILES string of the molecule is Cc1c(NC(=O)C(C)OC(=O)c2ccc(Cl)c(N)c2)c(=O)n(-c2ccccc2)n1C. The van der Waals surface area contributed by atoms with E-state index in [1.807, 2.05) is 18.2 Å². The third-order valence-corrected chi connectivity index (χ3v) is 5.03. The van der Waals surface area contributed by atoms with Crippen LogP contribution in [0.15, 0.2) is 53.3 Å². The van der Waals surface area contributed by atoms with Gasteiger partial charge in [0.2, 0.25) is 0 Å². The number of nitrogens with one attached hydrogen (secondary N) is 1. The third kappa shape index (κ3) is 4.08. The first-order valence-electron chi connectivity index (χ1n) is 9.11. The van der Waals surface area contributed by atoms with Crippen LogP contribution in [0.3, 0.4) is 0 Å². The number of rotatable bonds is 5. The molecular weight excluding hydrogens is 408 g/mol. The maximum Gasteiger partial charge on any atom is 0.338 e. The van der Waals surface area contributed by atoms with Gasteiger partial charge in [-0.2, -0.15) is 0 Å². The van der Waals surface area contributed by atoms with Crippen molar-refractivity contribution in [1.82, 2.24) is 9.36 Å². The molecule has 3 N–H and O–H groups in total. The van der Waals surface area contributed by atoms with Crippen LogP contribution in [-0.4, -0.2) is 27.3 Å². The first-order valence-corrected chi connectivity index (χ1v) is 9.49. The minimum absolute atomic E-state index is 0.116. The highest BCUT2D eigenvalue weighted by Gasteiger charge is 2.23. The molecular formula is C21H21ClN4O4. The summed E-state index contributed by atoms with van der Waals surface area (Å²) in [4.78, 5) is 37.7. The Hall–Kier alpha value is -3.52. The van der Waals surface area contributed by atoms with Crippen LogP contribution in [-0.2, 0) is 16.6 Å². The lowest BCUT2D eigenvalue weighted by molar-refractivity contribution is -0.123. The Morgan fingerprint density at radius 1 is 1.17 bits per heavy atom. The second kappa shape index (κ2) is 8.46. The first kappa shape index (κ1) is 21.2. The second-order valence-corrected chi connectivity index (χ2v) is 7.12. The summed E-state index contributed by atoms with van der Waals surface area (Å²) in [5.41, 5.74) is 7.03. The van der Waals surface area contributed by atoms with Crippen molar-refractivity contribution < 1.29 is 14.3 Å². The molecule has 0 bridgehead atoms. The molecule has 1 heterocycles. The lowest BCUT2D eigenvalue weighted by atomic mass is 10.2. The largest absolute Gasteiger partial charge is 0.449 e. The molecule has 0 fully saturated rings. The van der Waals surface area contributed by atoms with Crippen molar-refractivity contribution in [3.63, 3.8) is 0 Å². The summed E-state index contributed by atoms with van der Waals surface area (Å²) in [5.74, 6) is -1.36. The number of ether oxygens (including phenoxy) is 1. The molecule has 1 unspecified atom stereocenters. The Balaban J connectivity index is 1.78. The Morgan fingerprint density at radius 2 is 1.83 bits per heavy atom. The molecule has 3 rings (SSSR count). The van der Waals surface area contributed by atoms with Gasteiger partial charge in [-0.05, 0) is 44.2 Å². The Labute approximate surface area is 177 Å². The van der Waals surface area contributed by atoms with Crippen LogP contribution in [0, 0.1) is 6.92 Å². The van der Waals surface area contributed by atoms with Gasteiger partial charge in [0.05, 0.1) is 27.7 Å². The molecule has 1 aromatic heterocycles. The first-order chi connectivity index (χ1) is 14.2. The normalized spacial score (nSPS) is 11.7. The maximum absolute atomic E-state index is 12.9. The molecule has 3 aromatic rings. The van der Waals surface area contributed by atoms with E-state index < -0.39 is 23.5 Å². The van der Waals surface area contributed by atoms with E-state index >= 15 is 0 Å². The highest BCUT2D eigenvalue weighted by molar-refractivity contribution is 6.33. The summed E-state index contributed by atoms with van der Waals surface area (Å²) in [6, 6.07) is 13.3. The maximum atomic E-state index is 12.9. The number of carbonyl (C=O) groups excluding carboxylic acids is 2. The van der Waals surface area contributed by atoms with Gasteiger partial charge >= 0.3 is 5.97 Å². The van der Waals surface area contributed by atoms with Gasteiger partial charge in [0.25, 0.3) is 11.5 Å². The predicted molar refractivity (Wildman–Crippen MR) is 115 cm³/mol. The Kier molecular flexibility index (Phi) is 5.98. The van der Waals surface area contributed by atoms with E-state index in [4.69, 9.17) is 22.1 Å². The molecule has 0 aliphatic carbocycles. The highest BCUT2D eigenvalue weighted by atomic mass is 35.5.